The minimum Gasteiger partial charge on any atom is -0.376 e. The Balaban J connectivity index is 2.47. The molecule has 3 nitrogen and oxygen atoms in total. The van der Waals surface area contributed by atoms with E-state index in [1.165, 1.54) is 6.42 Å². The molecule has 0 spiro atoms. The van der Waals surface area contributed by atoms with Crippen molar-refractivity contribution in [3.05, 3.63) is 0 Å². The van der Waals surface area contributed by atoms with Gasteiger partial charge in [0.05, 0.1) is 12.7 Å². The molecule has 0 bridgehead atoms. The average Bonchev–Trinajstić information content (AvgIpc) is 2.35. The third-order valence-corrected chi connectivity index (χ3v) is 3.69. The molecule has 0 aromatic carbocycles. The van der Waals surface area contributed by atoms with E-state index in [0.717, 1.165) is 32.7 Å². The van der Waals surface area contributed by atoms with Gasteiger partial charge in [-0.1, -0.05) is 20.8 Å². The minimum atomic E-state index is 0.440. The second kappa shape index (κ2) is 7.25. The van der Waals surface area contributed by atoms with Gasteiger partial charge in [0.1, 0.15) is 0 Å². The van der Waals surface area contributed by atoms with Crippen molar-refractivity contribution in [3.63, 3.8) is 0 Å². The highest BCUT2D eigenvalue weighted by Gasteiger charge is 2.26. The van der Waals surface area contributed by atoms with Crippen LogP contribution in [0.2, 0.25) is 0 Å². The van der Waals surface area contributed by atoms with Crippen LogP contribution in [0.25, 0.3) is 0 Å². The van der Waals surface area contributed by atoms with E-state index >= 15 is 0 Å². The molecule has 3 heteroatoms. The Morgan fingerprint density at radius 2 is 2.12 bits per heavy atom. The number of rotatable bonds is 6. The van der Waals surface area contributed by atoms with E-state index < -0.39 is 0 Å². The molecule has 96 valence electrons. The summed E-state index contributed by atoms with van der Waals surface area (Å²) in [5, 5.41) is 3.58. The highest BCUT2D eigenvalue weighted by atomic mass is 16.5. The summed E-state index contributed by atoms with van der Waals surface area (Å²) >= 11 is 0. The SMILES string of the molecule is CCNC(CC)C(C)N1CCOC(CC)C1. The Kier molecular flexibility index (Phi) is 6.32. The Bertz CT molecular complexity index is 187. The number of hydrogen-bond donors (Lipinski definition) is 1. The number of nitrogens with one attached hydrogen (secondary N) is 1. The van der Waals surface area contributed by atoms with E-state index in [-0.39, 0.29) is 0 Å². The first-order valence-electron chi connectivity index (χ1n) is 6.81. The smallest absolute Gasteiger partial charge is 0.0700 e. The topological polar surface area (TPSA) is 24.5 Å². The van der Waals surface area contributed by atoms with Crippen molar-refractivity contribution in [1.82, 2.24) is 10.2 Å². The predicted molar refractivity (Wildman–Crippen MR) is 68.8 cm³/mol. The van der Waals surface area contributed by atoms with Gasteiger partial charge in [-0.25, -0.2) is 0 Å². The molecule has 3 unspecified atom stereocenters. The van der Waals surface area contributed by atoms with Crippen LogP contribution in [0.5, 0.6) is 0 Å². The van der Waals surface area contributed by atoms with Crippen molar-refractivity contribution in [1.29, 1.82) is 0 Å². The van der Waals surface area contributed by atoms with E-state index in [0.29, 0.717) is 18.2 Å². The van der Waals surface area contributed by atoms with Crippen LogP contribution in [0.3, 0.4) is 0 Å². The summed E-state index contributed by atoms with van der Waals surface area (Å²) < 4.78 is 5.72. The van der Waals surface area contributed by atoms with Crippen LogP contribution >= 0.6 is 0 Å². The van der Waals surface area contributed by atoms with Crippen molar-refractivity contribution in [3.8, 4) is 0 Å². The normalized spacial score (nSPS) is 26.6. The maximum absolute atomic E-state index is 5.72. The third-order valence-electron chi connectivity index (χ3n) is 3.69. The summed E-state index contributed by atoms with van der Waals surface area (Å²) in [5.41, 5.74) is 0. The van der Waals surface area contributed by atoms with Crippen LogP contribution in [0.15, 0.2) is 0 Å². The zero-order chi connectivity index (χ0) is 12.0. The number of likely N-dealkylation sites (N-methyl/N-ethyl adjacent to an activating group) is 1. The van der Waals surface area contributed by atoms with Crippen LogP contribution < -0.4 is 5.32 Å². The number of nitrogens with zero attached hydrogens (tertiary/aromatic N) is 1. The Hall–Kier alpha value is -0.120. The van der Waals surface area contributed by atoms with Crippen molar-refractivity contribution >= 4 is 0 Å². The molecular weight excluding hydrogens is 200 g/mol. The third kappa shape index (κ3) is 3.72. The maximum Gasteiger partial charge on any atom is 0.0700 e. The molecule has 0 aliphatic carbocycles. The summed E-state index contributed by atoms with van der Waals surface area (Å²) in [6, 6.07) is 1.23. The lowest BCUT2D eigenvalue weighted by molar-refractivity contribution is -0.0468. The molecule has 1 N–H and O–H groups in total. The first kappa shape index (κ1) is 13.9. The zero-order valence-corrected chi connectivity index (χ0v) is 11.3. The van der Waals surface area contributed by atoms with Gasteiger partial charge in [-0.15, -0.1) is 0 Å². The van der Waals surface area contributed by atoms with E-state index in [4.69, 9.17) is 4.74 Å². The van der Waals surface area contributed by atoms with Gasteiger partial charge in [-0.2, -0.15) is 0 Å². The molecule has 1 heterocycles. The van der Waals surface area contributed by atoms with Gasteiger partial charge in [-0.05, 0) is 26.3 Å². The molecule has 3 atom stereocenters. The van der Waals surface area contributed by atoms with Crippen molar-refractivity contribution in [2.45, 2.75) is 58.7 Å². The molecule has 0 saturated carbocycles. The van der Waals surface area contributed by atoms with Crippen LogP contribution in [0.4, 0.5) is 0 Å². The molecule has 1 fully saturated rings. The molecule has 1 aliphatic heterocycles. The molecule has 1 aliphatic rings. The van der Waals surface area contributed by atoms with E-state index in [1.807, 2.05) is 0 Å². The van der Waals surface area contributed by atoms with Gasteiger partial charge in [0.15, 0.2) is 0 Å². The Morgan fingerprint density at radius 3 is 2.69 bits per heavy atom. The van der Waals surface area contributed by atoms with Gasteiger partial charge >= 0.3 is 0 Å². The summed E-state index contributed by atoms with van der Waals surface area (Å²) in [4.78, 5) is 2.58. The van der Waals surface area contributed by atoms with E-state index in [1.54, 1.807) is 0 Å². The second-order valence-corrected chi connectivity index (χ2v) is 4.71. The fourth-order valence-electron chi connectivity index (χ4n) is 2.53. The lowest BCUT2D eigenvalue weighted by Gasteiger charge is -2.40. The van der Waals surface area contributed by atoms with Crippen molar-refractivity contribution in [2.75, 3.05) is 26.2 Å². The monoisotopic (exact) mass is 228 g/mol. The number of ether oxygens (including phenoxy) is 1. The average molecular weight is 228 g/mol. The Labute approximate surface area is 101 Å². The summed E-state index contributed by atoms with van der Waals surface area (Å²) in [6.45, 7) is 13.1. The largest absolute Gasteiger partial charge is 0.376 e. The van der Waals surface area contributed by atoms with Crippen molar-refractivity contribution in [2.24, 2.45) is 0 Å². The molecule has 0 aromatic rings. The fourth-order valence-corrected chi connectivity index (χ4v) is 2.53. The fraction of sp³-hybridized carbons (Fsp3) is 1.00. The zero-order valence-electron chi connectivity index (χ0n) is 11.3. The number of morpholine rings is 1. The van der Waals surface area contributed by atoms with Gasteiger partial charge in [0.25, 0.3) is 0 Å². The van der Waals surface area contributed by atoms with Crippen LogP contribution in [-0.2, 0) is 4.74 Å². The molecule has 0 amide bonds. The highest BCUT2D eigenvalue weighted by Crippen LogP contribution is 2.14. The molecule has 0 radical (unpaired) electrons. The standard InChI is InChI=1S/C13H28N2O/c1-5-12-10-15(8-9-16-12)11(4)13(6-2)14-7-3/h11-14H,5-10H2,1-4H3. The first-order valence-corrected chi connectivity index (χ1v) is 6.81. The summed E-state index contributed by atoms with van der Waals surface area (Å²) in [6.07, 6.45) is 2.76. The van der Waals surface area contributed by atoms with Crippen molar-refractivity contribution < 1.29 is 4.74 Å². The lowest BCUT2D eigenvalue weighted by atomic mass is 10.0. The van der Waals surface area contributed by atoms with Gasteiger partial charge in [0, 0.05) is 25.2 Å². The maximum atomic E-state index is 5.72. The van der Waals surface area contributed by atoms with E-state index in [2.05, 4.69) is 37.9 Å². The minimum absolute atomic E-state index is 0.440. The lowest BCUT2D eigenvalue weighted by Crippen LogP contribution is -2.53. The van der Waals surface area contributed by atoms with Crippen LogP contribution in [0, 0.1) is 0 Å². The quantitative estimate of drug-likeness (QED) is 0.751. The summed E-state index contributed by atoms with van der Waals surface area (Å²) in [7, 11) is 0. The predicted octanol–water partition coefficient (Wildman–Crippen LogP) is 1.87. The van der Waals surface area contributed by atoms with Crippen LogP contribution in [-0.4, -0.2) is 49.3 Å². The molecule has 1 saturated heterocycles. The Morgan fingerprint density at radius 1 is 1.38 bits per heavy atom. The molecular formula is C13H28N2O. The first-order chi connectivity index (χ1) is 7.72. The van der Waals surface area contributed by atoms with Gasteiger partial charge in [-0.3, -0.25) is 4.90 Å². The van der Waals surface area contributed by atoms with Gasteiger partial charge in [0.2, 0.25) is 0 Å². The molecule has 0 aromatic heterocycles. The second-order valence-electron chi connectivity index (χ2n) is 4.71. The molecule has 1 rings (SSSR count). The summed E-state index contributed by atoms with van der Waals surface area (Å²) in [5.74, 6) is 0. The van der Waals surface area contributed by atoms with E-state index in [9.17, 15) is 0 Å². The number of hydrogen-bond acceptors (Lipinski definition) is 3. The molecule has 16 heavy (non-hydrogen) atoms. The van der Waals surface area contributed by atoms with Gasteiger partial charge < -0.3 is 10.1 Å². The highest BCUT2D eigenvalue weighted by molar-refractivity contribution is 4.83. The van der Waals surface area contributed by atoms with Crippen LogP contribution in [0.1, 0.15) is 40.5 Å².